The highest BCUT2D eigenvalue weighted by molar-refractivity contribution is 5.93. The van der Waals surface area contributed by atoms with Crippen molar-refractivity contribution >= 4 is 5.91 Å². The standard InChI is InChI=1S/C21H22N4O3/c1-13(15-7-8-19-16(11-15)9-10-28-19)22-21(26)20-14(2)25(24-23-20)17-5-4-6-18(12-17)27-3/h4-8,11-13H,9-10H2,1-3H3,(H,22,26). The molecule has 144 valence electrons. The summed E-state index contributed by atoms with van der Waals surface area (Å²) in [6.45, 7) is 4.50. The average molecular weight is 378 g/mol. The quantitative estimate of drug-likeness (QED) is 0.738. The van der Waals surface area contributed by atoms with Crippen LogP contribution < -0.4 is 14.8 Å². The average Bonchev–Trinajstić information content (AvgIpc) is 3.33. The molecule has 0 radical (unpaired) electrons. The number of methoxy groups -OCH3 is 1. The predicted octanol–water partition coefficient (Wildman–Crippen LogP) is 3.01. The molecule has 1 amide bonds. The van der Waals surface area contributed by atoms with Gasteiger partial charge in [-0.05, 0) is 49.2 Å². The van der Waals surface area contributed by atoms with E-state index in [1.54, 1.807) is 11.8 Å². The molecule has 1 N–H and O–H groups in total. The Morgan fingerprint density at radius 2 is 2.14 bits per heavy atom. The molecule has 7 heteroatoms. The van der Waals surface area contributed by atoms with Gasteiger partial charge in [-0.25, -0.2) is 4.68 Å². The molecule has 4 rings (SSSR count). The van der Waals surface area contributed by atoms with E-state index in [-0.39, 0.29) is 11.9 Å². The Hall–Kier alpha value is -3.35. The summed E-state index contributed by atoms with van der Waals surface area (Å²) in [6.07, 6.45) is 0.901. The minimum Gasteiger partial charge on any atom is -0.497 e. The van der Waals surface area contributed by atoms with Gasteiger partial charge in [-0.1, -0.05) is 17.3 Å². The van der Waals surface area contributed by atoms with Gasteiger partial charge in [0.2, 0.25) is 0 Å². The first-order valence-electron chi connectivity index (χ1n) is 9.20. The maximum Gasteiger partial charge on any atom is 0.274 e. The van der Waals surface area contributed by atoms with Gasteiger partial charge in [0.05, 0.1) is 31.1 Å². The maximum atomic E-state index is 12.8. The Labute approximate surface area is 163 Å². The predicted molar refractivity (Wildman–Crippen MR) is 104 cm³/mol. The van der Waals surface area contributed by atoms with E-state index < -0.39 is 0 Å². The molecule has 1 aromatic heterocycles. The lowest BCUT2D eigenvalue weighted by molar-refractivity contribution is 0.0934. The summed E-state index contributed by atoms with van der Waals surface area (Å²) in [6, 6.07) is 13.3. The zero-order valence-corrected chi connectivity index (χ0v) is 16.1. The van der Waals surface area contributed by atoms with Crippen molar-refractivity contribution < 1.29 is 14.3 Å². The van der Waals surface area contributed by atoms with Gasteiger partial charge in [-0.15, -0.1) is 5.10 Å². The van der Waals surface area contributed by atoms with Gasteiger partial charge >= 0.3 is 0 Å². The minimum absolute atomic E-state index is 0.153. The zero-order chi connectivity index (χ0) is 19.7. The Morgan fingerprint density at radius 1 is 1.29 bits per heavy atom. The van der Waals surface area contributed by atoms with Crippen molar-refractivity contribution in [1.82, 2.24) is 20.3 Å². The number of carbonyl (C=O) groups is 1. The van der Waals surface area contributed by atoms with E-state index in [1.165, 1.54) is 5.56 Å². The van der Waals surface area contributed by atoms with Crippen LogP contribution in [0.3, 0.4) is 0 Å². The van der Waals surface area contributed by atoms with Crippen molar-refractivity contribution in [3.63, 3.8) is 0 Å². The number of ether oxygens (including phenoxy) is 2. The first-order valence-corrected chi connectivity index (χ1v) is 9.20. The van der Waals surface area contributed by atoms with Crippen molar-refractivity contribution in [2.24, 2.45) is 0 Å². The number of hydrogen-bond donors (Lipinski definition) is 1. The van der Waals surface area contributed by atoms with Crippen molar-refractivity contribution in [2.45, 2.75) is 26.3 Å². The molecule has 7 nitrogen and oxygen atoms in total. The molecule has 1 unspecified atom stereocenters. The Bertz CT molecular complexity index is 1030. The number of rotatable bonds is 5. The summed E-state index contributed by atoms with van der Waals surface area (Å²) < 4.78 is 12.4. The minimum atomic E-state index is -0.254. The Kier molecular flexibility index (Phi) is 4.73. The number of fused-ring (bicyclic) bond motifs is 1. The van der Waals surface area contributed by atoms with Gasteiger partial charge in [0.25, 0.3) is 5.91 Å². The fraction of sp³-hybridized carbons (Fsp3) is 0.286. The lowest BCUT2D eigenvalue weighted by Crippen LogP contribution is -2.27. The van der Waals surface area contributed by atoms with E-state index >= 15 is 0 Å². The van der Waals surface area contributed by atoms with Crippen molar-refractivity contribution in [3.05, 3.63) is 65.0 Å². The van der Waals surface area contributed by atoms with Gasteiger partial charge < -0.3 is 14.8 Å². The van der Waals surface area contributed by atoms with Gasteiger partial charge in [0.15, 0.2) is 5.69 Å². The molecular formula is C21H22N4O3. The van der Waals surface area contributed by atoms with E-state index in [1.807, 2.05) is 50.2 Å². The summed E-state index contributed by atoms with van der Waals surface area (Å²) in [5.41, 5.74) is 3.98. The largest absolute Gasteiger partial charge is 0.497 e. The van der Waals surface area contributed by atoms with E-state index in [0.29, 0.717) is 23.7 Å². The van der Waals surface area contributed by atoms with Crippen LogP contribution in [0.5, 0.6) is 11.5 Å². The fourth-order valence-electron chi connectivity index (χ4n) is 3.35. The van der Waals surface area contributed by atoms with E-state index in [0.717, 1.165) is 23.4 Å². The number of nitrogens with one attached hydrogen (secondary N) is 1. The molecule has 1 aliphatic rings. The first-order chi connectivity index (χ1) is 13.6. The second-order valence-corrected chi connectivity index (χ2v) is 6.80. The zero-order valence-electron chi connectivity index (χ0n) is 16.1. The highest BCUT2D eigenvalue weighted by Gasteiger charge is 2.21. The van der Waals surface area contributed by atoms with Crippen LogP contribution in [0.2, 0.25) is 0 Å². The van der Waals surface area contributed by atoms with Crippen LogP contribution >= 0.6 is 0 Å². The van der Waals surface area contributed by atoms with E-state index in [9.17, 15) is 4.79 Å². The van der Waals surface area contributed by atoms with E-state index in [2.05, 4.69) is 21.7 Å². The molecule has 0 spiro atoms. The molecule has 28 heavy (non-hydrogen) atoms. The molecule has 0 saturated heterocycles. The molecule has 3 aromatic rings. The number of carbonyl (C=O) groups excluding carboxylic acids is 1. The van der Waals surface area contributed by atoms with Crippen LogP contribution in [-0.2, 0) is 6.42 Å². The summed E-state index contributed by atoms with van der Waals surface area (Å²) in [4.78, 5) is 12.8. The van der Waals surface area contributed by atoms with Gasteiger partial charge in [0.1, 0.15) is 11.5 Å². The van der Waals surface area contributed by atoms with Crippen LogP contribution in [0.25, 0.3) is 5.69 Å². The number of hydrogen-bond acceptors (Lipinski definition) is 5. The van der Waals surface area contributed by atoms with Crippen molar-refractivity contribution in [3.8, 4) is 17.2 Å². The first kappa shape index (κ1) is 18.0. The number of aromatic nitrogens is 3. The van der Waals surface area contributed by atoms with Crippen LogP contribution in [0.1, 0.15) is 40.3 Å². The molecule has 1 atom stereocenters. The van der Waals surface area contributed by atoms with Crippen LogP contribution in [0.15, 0.2) is 42.5 Å². The summed E-state index contributed by atoms with van der Waals surface area (Å²) in [5.74, 6) is 1.39. The van der Waals surface area contributed by atoms with Crippen molar-refractivity contribution in [2.75, 3.05) is 13.7 Å². The Balaban J connectivity index is 1.53. The highest BCUT2D eigenvalue weighted by Crippen LogP contribution is 2.28. The molecular weight excluding hydrogens is 356 g/mol. The maximum absolute atomic E-state index is 12.8. The summed E-state index contributed by atoms with van der Waals surface area (Å²) >= 11 is 0. The third-order valence-corrected chi connectivity index (χ3v) is 4.97. The highest BCUT2D eigenvalue weighted by atomic mass is 16.5. The molecule has 2 aromatic carbocycles. The van der Waals surface area contributed by atoms with Gasteiger partial charge in [-0.3, -0.25) is 4.79 Å². The molecule has 0 saturated carbocycles. The molecule has 0 fully saturated rings. The fourth-order valence-corrected chi connectivity index (χ4v) is 3.35. The van der Waals surface area contributed by atoms with Crippen molar-refractivity contribution in [1.29, 1.82) is 0 Å². The number of benzene rings is 2. The SMILES string of the molecule is COc1cccc(-n2nnc(C(=O)NC(C)c3ccc4c(c3)CCO4)c2C)c1. The molecule has 0 bridgehead atoms. The van der Waals surface area contributed by atoms with Gasteiger partial charge in [-0.2, -0.15) is 0 Å². The normalized spacial score (nSPS) is 13.5. The Morgan fingerprint density at radius 3 is 2.96 bits per heavy atom. The monoisotopic (exact) mass is 378 g/mol. The molecule has 2 heterocycles. The second-order valence-electron chi connectivity index (χ2n) is 6.80. The van der Waals surface area contributed by atoms with Crippen LogP contribution in [-0.4, -0.2) is 34.6 Å². The smallest absolute Gasteiger partial charge is 0.274 e. The third kappa shape index (κ3) is 3.31. The lowest BCUT2D eigenvalue weighted by atomic mass is 10.0. The second kappa shape index (κ2) is 7.34. The van der Waals surface area contributed by atoms with Gasteiger partial charge in [0, 0.05) is 12.5 Å². The molecule has 0 aliphatic carbocycles. The topological polar surface area (TPSA) is 78.3 Å². The number of nitrogens with zero attached hydrogens (tertiary/aromatic N) is 3. The van der Waals surface area contributed by atoms with Crippen LogP contribution in [0, 0.1) is 6.92 Å². The number of amides is 1. The summed E-state index contributed by atoms with van der Waals surface area (Å²) in [7, 11) is 1.61. The van der Waals surface area contributed by atoms with Crippen LogP contribution in [0.4, 0.5) is 0 Å². The third-order valence-electron chi connectivity index (χ3n) is 4.97. The van der Waals surface area contributed by atoms with E-state index in [4.69, 9.17) is 9.47 Å². The molecule has 1 aliphatic heterocycles. The summed E-state index contributed by atoms with van der Waals surface area (Å²) in [5, 5.41) is 11.2. The lowest BCUT2D eigenvalue weighted by Gasteiger charge is -2.14.